The topological polar surface area (TPSA) is 62.7 Å². The summed E-state index contributed by atoms with van der Waals surface area (Å²) in [4.78, 5) is 6.31. The molecule has 0 amide bonds. The molecule has 0 N–H and O–H groups in total. The first-order chi connectivity index (χ1) is 14.6. The van der Waals surface area contributed by atoms with E-state index in [0.29, 0.717) is 18.1 Å². The first-order valence-corrected chi connectivity index (χ1v) is 11.1. The molecule has 3 aromatic rings. The van der Waals surface area contributed by atoms with Gasteiger partial charge in [0, 0.05) is 48.5 Å². The molecule has 6 nitrogen and oxygen atoms in total. The van der Waals surface area contributed by atoms with Gasteiger partial charge >= 0.3 is 6.36 Å². The van der Waals surface area contributed by atoms with Gasteiger partial charge in [0.15, 0.2) is 0 Å². The molecule has 0 atom stereocenters. The Morgan fingerprint density at radius 2 is 1.65 bits per heavy atom. The molecule has 31 heavy (non-hydrogen) atoms. The third kappa shape index (κ3) is 4.70. The zero-order valence-electron chi connectivity index (χ0n) is 16.0. The van der Waals surface area contributed by atoms with E-state index >= 15 is 0 Å². The van der Waals surface area contributed by atoms with Crippen LogP contribution in [0.25, 0.3) is 10.9 Å². The smallest absolute Gasteiger partial charge is 0.406 e. The van der Waals surface area contributed by atoms with Crippen LogP contribution in [0, 0.1) is 0 Å². The van der Waals surface area contributed by atoms with Gasteiger partial charge in [-0.15, -0.1) is 13.2 Å². The maximum Gasteiger partial charge on any atom is 0.573 e. The summed E-state index contributed by atoms with van der Waals surface area (Å²) >= 11 is 6.04. The van der Waals surface area contributed by atoms with Crippen LogP contribution in [0.15, 0.2) is 59.6 Å². The first kappa shape index (κ1) is 21.7. The lowest BCUT2D eigenvalue weighted by Crippen LogP contribution is -2.48. The number of ether oxygens (including phenoxy) is 1. The van der Waals surface area contributed by atoms with Crippen molar-refractivity contribution in [3.8, 4) is 5.75 Å². The molecule has 1 aliphatic heterocycles. The normalized spacial score (nSPS) is 15.9. The van der Waals surface area contributed by atoms with Gasteiger partial charge in [-0.05, 0) is 48.5 Å². The Bertz CT molecular complexity index is 1200. The molecular weight excluding hydrogens is 455 g/mol. The third-order valence-corrected chi connectivity index (χ3v) is 7.10. The quantitative estimate of drug-likeness (QED) is 0.568. The molecule has 0 bridgehead atoms. The van der Waals surface area contributed by atoms with E-state index in [4.69, 9.17) is 11.6 Å². The van der Waals surface area contributed by atoms with Crippen LogP contribution >= 0.6 is 11.6 Å². The fraction of sp³-hybridized carbons (Fsp3) is 0.250. The van der Waals surface area contributed by atoms with E-state index in [1.807, 2.05) is 12.1 Å². The number of anilines is 1. The molecule has 0 unspecified atom stereocenters. The number of fused-ring (bicyclic) bond motifs is 1. The SMILES string of the molecule is O=S(=O)(c1ccc(OC(F)(F)F)cc1)N1CCN(c2ccnc3cc(Cl)ccc23)CC1. The van der Waals surface area contributed by atoms with Gasteiger partial charge < -0.3 is 9.64 Å². The van der Waals surface area contributed by atoms with Crippen molar-refractivity contribution < 1.29 is 26.3 Å². The average Bonchev–Trinajstić information content (AvgIpc) is 2.72. The van der Waals surface area contributed by atoms with Gasteiger partial charge in [-0.3, -0.25) is 4.98 Å². The van der Waals surface area contributed by atoms with Crippen molar-refractivity contribution in [1.82, 2.24) is 9.29 Å². The van der Waals surface area contributed by atoms with Crippen molar-refractivity contribution in [1.29, 1.82) is 0 Å². The fourth-order valence-electron chi connectivity index (χ4n) is 3.51. The number of alkyl halides is 3. The van der Waals surface area contributed by atoms with E-state index in [2.05, 4.69) is 14.6 Å². The number of piperazine rings is 1. The number of pyridine rings is 1. The van der Waals surface area contributed by atoms with Gasteiger partial charge in [-0.25, -0.2) is 8.42 Å². The van der Waals surface area contributed by atoms with Gasteiger partial charge in [-0.1, -0.05) is 11.6 Å². The average molecular weight is 472 g/mol. The van der Waals surface area contributed by atoms with E-state index in [-0.39, 0.29) is 18.0 Å². The van der Waals surface area contributed by atoms with Crippen LogP contribution in [0.4, 0.5) is 18.9 Å². The van der Waals surface area contributed by atoms with E-state index < -0.39 is 22.1 Å². The van der Waals surface area contributed by atoms with E-state index in [0.717, 1.165) is 40.9 Å². The number of hydrogen-bond donors (Lipinski definition) is 0. The molecule has 11 heteroatoms. The van der Waals surface area contributed by atoms with Gasteiger partial charge in [0.05, 0.1) is 10.4 Å². The van der Waals surface area contributed by atoms with Crippen LogP contribution in [0.2, 0.25) is 5.02 Å². The van der Waals surface area contributed by atoms with E-state index in [9.17, 15) is 21.6 Å². The Labute approximate surface area is 181 Å². The largest absolute Gasteiger partial charge is 0.573 e. The second-order valence-corrected chi connectivity index (χ2v) is 9.28. The standard InChI is InChI=1S/C20H17ClF3N3O3S/c21-14-1-6-17-18(13-14)25-8-7-19(17)26-9-11-27(12-10-26)31(28,29)16-4-2-15(3-5-16)30-20(22,23)24/h1-8,13H,9-12H2. The number of aromatic nitrogens is 1. The molecule has 0 spiro atoms. The molecule has 2 heterocycles. The molecule has 1 aromatic heterocycles. The molecule has 1 fully saturated rings. The predicted octanol–water partition coefficient (Wildman–Crippen LogP) is 4.30. The number of nitrogens with zero attached hydrogens (tertiary/aromatic N) is 3. The minimum atomic E-state index is -4.83. The number of benzene rings is 2. The number of sulfonamides is 1. The second-order valence-electron chi connectivity index (χ2n) is 6.90. The maximum atomic E-state index is 12.9. The monoisotopic (exact) mass is 471 g/mol. The van der Waals surface area contributed by atoms with Gasteiger partial charge in [0.1, 0.15) is 5.75 Å². The Kier molecular flexibility index (Phi) is 5.71. The molecule has 164 valence electrons. The lowest BCUT2D eigenvalue weighted by Gasteiger charge is -2.35. The fourth-order valence-corrected chi connectivity index (χ4v) is 5.10. The summed E-state index contributed by atoms with van der Waals surface area (Å²) in [7, 11) is -3.84. The lowest BCUT2D eigenvalue weighted by molar-refractivity contribution is -0.274. The summed E-state index contributed by atoms with van der Waals surface area (Å²) in [6, 6.07) is 11.5. The summed E-state index contributed by atoms with van der Waals surface area (Å²) < 4.78 is 67.8. The van der Waals surface area contributed by atoms with Crippen LogP contribution in [-0.2, 0) is 10.0 Å². The van der Waals surface area contributed by atoms with E-state index in [1.165, 1.54) is 4.31 Å². The summed E-state index contributed by atoms with van der Waals surface area (Å²) in [5.41, 5.74) is 1.69. The Morgan fingerprint density at radius 1 is 0.968 bits per heavy atom. The zero-order valence-corrected chi connectivity index (χ0v) is 17.6. The highest BCUT2D eigenvalue weighted by molar-refractivity contribution is 7.89. The summed E-state index contributed by atoms with van der Waals surface area (Å²) in [6.45, 7) is 1.38. The molecular formula is C20H17ClF3N3O3S. The van der Waals surface area contributed by atoms with Crippen molar-refractivity contribution in [3.05, 3.63) is 59.8 Å². The second kappa shape index (κ2) is 8.18. The molecule has 1 aliphatic rings. The van der Waals surface area contributed by atoms with Crippen LogP contribution in [-0.4, -0.2) is 50.2 Å². The van der Waals surface area contributed by atoms with Crippen LogP contribution in [0.3, 0.4) is 0 Å². The Morgan fingerprint density at radius 3 is 2.29 bits per heavy atom. The van der Waals surface area contributed by atoms with Crippen molar-refractivity contribution in [2.75, 3.05) is 31.1 Å². The molecule has 0 aliphatic carbocycles. The highest BCUT2D eigenvalue weighted by atomic mass is 35.5. The van der Waals surface area contributed by atoms with Crippen molar-refractivity contribution in [2.45, 2.75) is 11.3 Å². The van der Waals surface area contributed by atoms with Crippen molar-refractivity contribution in [3.63, 3.8) is 0 Å². The summed E-state index contributed by atoms with van der Waals surface area (Å²) in [6.07, 6.45) is -3.15. The number of rotatable bonds is 4. The predicted molar refractivity (Wildman–Crippen MR) is 111 cm³/mol. The molecule has 4 rings (SSSR count). The number of halogens is 4. The molecule has 2 aromatic carbocycles. The first-order valence-electron chi connectivity index (χ1n) is 9.29. The molecule has 1 saturated heterocycles. The minimum absolute atomic E-state index is 0.0838. The summed E-state index contributed by atoms with van der Waals surface area (Å²) in [5.74, 6) is -0.471. The Balaban J connectivity index is 1.48. The number of hydrogen-bond acceptors (Lipinski definition) is 5. The maximum absolute atomic E-state index is 12.9. The van der Waals surface area contributed by atoms with Crippen LogP contribution < -0.4 is 9.64 Å². The lowest BCUT2D eigenvalue weighted by atomic mass is 10.1. The van der Waals surface area contributed by atoms with Gasteiger partial charge in [0.25, 0.3) is 0 Å². The van der Waals surface area contributed by atoms with E-state index in [1.54, 1.807) is 18.3 Å². The minimum Gasteiger partial charge on any atom is -0.406 e. The highest BCUT2D eigenvalue weighted by Gasteiger charge is 2.32. The van der Waals surface area contributed by atoms with Crippen LogP contribution in [0.5, 0.6) is 5.75 Å². The van der Waals surface area contributed by atoms with Crippen molar-refractivity contribution in [2.24, 2.45) is 0 Å². The van der Waals surface area contributed by atoms with Gasteiger partial charge in [0.2, 0.25) is 10.0 Å². The highest BCUT2D eigenvalue weighted by Crippen LogP contribution is 2.30. The van der Waals surface area contributed by atoms with Gasteiger partial charge in [-0.2, -0.15) is 4.31 Å². The Hall–Kier alpha value is -2.56. The zero-order chi connectivity index (χ0) is 22.2. The van der Waals surface area contributed by atoms with Crippen molar-refractivity contribution >= 4 is 38.2 Å². The molecule has 0 radical (unpaired) electrons. The molecule has 0 saturated carbocycles. The van der Waals surface area contributed by atoms with Crippen LogP contribution in [0.1, 0.15) is 0 Å². The third-order valence-electron chi connectivity index (χ3n) is 4.96. The summed E-state index contributed by atoms with van der Waals surface area (Å²) in [5, 5.41) is 1.50.